The van der Waals surface area contributed by atoms with Gasteiger partial charge in [-0.1, -0.05) is 25.0 Å². The fraction of sp³-hybridized carbons (Fsp3) is 0.625. The van der Waals surface area contributed by atoms with Crippen LogP contribution in [0, 0.1) is 6.92 Å². The van der Waals surface area contributed by atoms with E-state index in [1.54, 1.807) is 0 Å². The van der Waals surface area contributed by atoms with Crippen LogP contribution in [0.25, 0.3) is 0 Å². The lowest BCUT2D eigenvalue weighted by Crippen LogP contribution is -2.24. The van der Waals surface area contributed by atoms with E-state index in [2.05, 4.69) is 36.9 Å². The lowest BCUT2D eigenvalue weighted by atomic mass is 10.0. The van der Waals surface area contributed by atoms with Gasteiger partial charge in [0.05, 0.1) is 0 Å². The van der Waals surface area contributed by atoms with E-state index in [4.69, 9.17) is 5.73 Å². The molecule has 1 aromatic carbocycles. The molecule has 0 aliphatic carbocycles. The molecule has 0 saturated carbocycles. The van der Waals surface area contributed by atoms with Gasteiger partial charge in [0.25, 0.3) is 0 Å². The van der Waals surface area contributed by atoms with Crippen molar-refractivity contribution < 1.29 is 0 Å². The quantitative estimate of drug-likeness (QED) is 0.887. The van der Waals surface area contributed by atoms with E-state index in [0.29, 0.717) is 0 Å². The molecule has 1 fully saturated rings. The highest BCUT2D eigenvalue weighted by molar-refractivity contribution is 5.54. The zero-order valence-electron chi connectivity index (χ0n) is 11.8. The van der Waals surface area contributed by atoms with E-state index in [9.17, 15) is 0 Å². The van der Waals surface area contributed by atoms with Crippen molar-refractivity contribution in [2.24, 2.45) is 5.73 Å². The van der Waals surface area contributed by atoms with Gasteiger partial charge in [-0.2, -0.15) is 0 Å². The Hall–Kier alpha value is -1.02. The second-order valence-electron chi connectivity index (χ2n) is 5.70. The van der Waals surface area contributed by atoms with Gasteiger partial charge in [0.1, 0.15) is 0 Å². The van der Waals surface area contributed by atoms with Crippen LogP contribution in [-0.4, -0.2) is 19.1 Å². The lowest BCUT2D eigenvalue weighted by molar-refractivity contribution is 0.726. The third-order valence-corrected chi connectivity index (χ3v) is 3.77. The van der Waals surface area contributed by atoms with Crippen molar-refractivity contribution in [3.05, 3.63) is 29.3 Å². The Labute approximate surface area is 111 Å². The SMILES string of the molecule is Cc1cc(CC(C)N)ccc1N1CCCCCC1. The Balaban J connectivity index is 2.12. The molecule has 2 rings (SSSR count). The first kappa shape index (κ1) is 13.4. The Morgan fingerprint density at radius 2 is 1.83 bits per heavy atom. The summed E-state index contributed by atoms with van der Waals surface area (Å²) < 4.78 is 0. The van der Waals surface area contributed by atoms with Crippen molar-refractivity contribution in [3.8, 4) is 0 Å². The van der Waals surface area contributed by atoms with Crippen LogP contribution in [0.2, 0.25) is 0 Å². The molecule has 0 radical (unpaired) electrons. The third-order valence-electron chi connectivity index (χ3n) is 3.77. The third kappa shape index (κ3) is 3.49. The normalized spacial score (nSPS) is 18.5. The van der Waals surface area contributed by atoms with Gasteiger partial charge in [-0.3, -0.25) is 0 Å². The van der Waals surface area contributed by atoms with Crippen LogP contribution in [0.4, 0.5) is 5.69 Å². The molecular formula is C16H26N2. The molecule has 1 atom stereocenters. The number of aryl methyl sites for hydroxylation is 1. The van der Waals surface area contributed by atoms with E-state index in [-0.39, 0.29) is 6.04 Å². The van der Waals surface area contributed by atoms with Crippen LogP contribution in [0.15, 0.2) is 18.2 Å². The fourth-order valence-electron chi connectivity index (χ4n) is 2.88. The number of hydrogen-bond acceptors (Lipinski definition) is 2. The molecule has 1 unspecified atom stereocenters. The maximum absolute atomic E-state index is 5.87. The van der Waals surface area contributed by atoms with Crippen LogP contribution < -0.4 is 10.6 Å². The van der Waals surface area contributed by atoms with Crippen LogP contribution >= 0.6 is 0 Å². The zero-order chi connectivity index (χ0) is 13.0. The molecule has 1 aromatic rings. The van der Waals surface area contributed by atoms with E-state index >= 15 is 0 Å². The Bertz CT molecular complexity index is 377. The molecule has 2 N–H and O–H groups in total. The lowest BCUT2D eigenvalue weighted by Gasteiger charge is -2.25. The van der Waals surface area contributed by atoms with Gasteiger partial charge < -0.3 is 10.6 Å². The molecule has 2 heteroatoms. The number of hydrogen-bond donors (Lipinski definition) is 1. The minimum absolute atomic E-state index is 0.244. The molecule has 1 saturated heterocycles. The number of nitrogens with zero attached hydrogens (tertiary/aromatic N) is 1. The maximum Gasteiger partial charge on any atom is 0.0396 e. The van der Waals surface area contributed by atoms with Crippen molar-refractivity contribution >= 4 is 5.69 Å². The highest BCUT2D eigenvalue weighted by Crippen LogP contribution is 2.24. The molecule has 0 aromatic heterocycles. The zero-order valence-corrected chi connectivity index (χ0v) is 11.8. The standard InChI is InChI=1S/C16H26N2/c1-13-11-15(12-14(2)17)7-8-16(13)18-9-5-3-4-6-10-18/h7-8,11,14H,3-6,9-10,12,17H2,1-2H3. The predicted molar refractivity (Wildman–Crippen MR) is 79.2 cm³/mol. The summed E-state index contributed by atoms with van der Waals surface area (Å²) in [5.74, 6) is 0. The maximum atomic E-state index is 5.87. The van der Waals surface area contributed by atoms with Crippen molar-refractivity contribution in [2.75, 3.05) is 18.0 Å². The molecule has 1 aliphatic rings. The summed E-state index contributed by atoms with van der Waals surface area (Å²) in [6, 6.07) is 7.09. The number of benzene rings is 1. The fourth-order valence-corrected chi connectivity index (χ4v) is 2.88. The Morgan fingerprint density at radius 3 is 2.39 bits per heavy atom. The average Bonchev–Trinajstić information content (AvgIpc) is 2.57. The van der Waals surface area contributed by atoms with Gasteiger partial charge in [-0.15, -0.1) is 0 Å². The van der Waals surface area contributed by atoms with Crippen LogP contribution in [0.3, 0.4) is 0 Å². The second-order valence-corrected chi connectivity index (χ2v) is 5.70. The highest BCUT2D eigenvalue weighted by Gasteiger charge is 2.12. The second kappa shape index (κ2) is 6.24. The van der Waals surface area contributed by atoms with Crippen molar-refractivity contribution in [1.29, 1.82) is 0 Å². The molecular weight excluding hydrogens is 220 g/mol. The van der Waals surface area contributed by atoms with E-state index in [1.807, 2.05) is 0 Å². The molecule has 0 amide bonds. The molecule has 1 heterocycles. The molecule has 2 nitrogen and oxygen atoms in total. The summed E-state index contributed by atoms with van der Waals surface area (Å²) in [6.07, 6.45) is 6.42. The van der Waals surface area contributed by atoms with Gasteiger partial charge in [0.2, 0.25) is 0 Å². The summed E-state index contributed by atoms with van der Waals surface area (Å²) in [6.45, 7) is 6.73. The summed E-state index contributed by atoms with van der Waals surface area (Å²) in [5.41, 5.74) is 10.0. The largest absolute Gasteiger partial charge is 0.371 e. The van der Waals surface area contributed by atoms with Crippen LogP contribution in [-0.2, 0) is 6.42 Å². The Kier molecular flexibility index (Phi) is 4.65. The van der Waals surface area contributed by atoms with E-state index in [1.165, 1.54) is 55.6 Å². The smallest absolute Gasteiger partial charge is 0.0396 e. The monoisotopic (exact) mass is 246 g/mol. The molecule has 18 heavy (non-hydrogen) atoms. The van der Waals surface area contributed by atoms with Gasteiger partial charge in [0.15, 0.2) is 0 Å². The van der Waals surface area contributed by atoms with Gasteiger partial charge in [-0.05, 0) is 50.3 Å². The van der Waals surface area contributed by atoms with Crippen LogP contribution in [0.5, 0.6) is 0 Å². The first-order valence-electron chi connectivity index (χ1n) is 7.27. The molecule has 100 valence electrons. The molecule has 1 aliphatic heterocycles. The number of nitrogens with two attached hydrogens (primary N) is 1. The highest BCUT2D eigenvalue weighted by atomic mass is 15.1. The summed E-state index contributed by atoms with van der Waals surface area (Å²) >= 11 is 0. The molecule has 0 spiro atoms. The summed E-state index contributed by atoms with van der Waals surface area (Å²) in [7, 11) is 0. The van der Waals surface area contributed by atoms with Crippen molar-refractivity contribution in [3.63, 3.8) is 0 Å². The summed E-state index contributed by atoms with van der Waals surface area (Å²) in [5, 5.41) is 0. The van der Waals surface area contributed by atoms with Crippen molar-refractivity contribution in [1.82, 2.24) is 0 Å². The minimum Gasteiger partial charge on any atom is -0.371 e. The van der Waals surface area contributed by atoms with E-state index in [0.717, 1.165) is 6.42 Å². The van der Waals surface area contributed by atoms with Crippen LogP contribution in [0.1, 0.15) is 43.7 Å². The number of anilines is 1. The summed E-state index contributed by atoms with van der Waals surface area (Å²) in [4.78, 5) is 2.55. The van der Waals surface area contributed by atoms with E-state index < -0.39 is 0 Å². The first-order chi connectivity index (χ1) is 8.66. The first-order valence-corrected chi connectivity index (χ1v) is 7.27. The van der Waals surface area contributed by atoms with Gasteiger partial charge in [-0.25, -0.2) is 0 Å². The number of rotatable bonds is 3. The average molecular weight is 246 g/mol. The minimum atomic E-state index is 0.244. The van der Waals surface area contributed by atoms with Crippen molar-refractivity contribution in [2.45, 2.75) is 52.0 Å². The van der Waals surface area contributed by atoms with Gasteiger partial charge in [0, 0.05) is 24.8 Å². The predicted octanol–water partition coefficient (Wildman–Crippen LogP) is 3.27. The Morgan fingerprint density at radius 1 is 1.17 bits per heavy atom. The topological polar surface area (TPSA) is 29.3 Å². The van der Waals surface area contributed by atoms with Gasteiger partial charge >= 0.3 is 0 Å². The molecule has 0 bridgehead atoms.